The lowest BCUT2D eigenvalue weighted by Gasteiger charge is -1.94. The third kappa shape index (κ3) is 3.32. The minimum atomic E-state index is -1.01. The lowest BCUT2D eigenvalue weighted by atomic mass is 10.3. The number of hydrogen-bond acceptors (Lipinski definition) is 8. The molecule has 0 N–H and O–H groups in total. The van der Waals surface area contributed by atoms with Crippen LogP contribution in [0.4, 0.5) is 0 Å². The van der Waals surface area contributed by atoms with Crippen LogP contribution in [0.2, 0.25) is 0 Å². The fourth-order valence-corrected chi connectivity index (χ4v) is 1.66. The molecule has 0 spiro atoms. The minimum Gasteiger partial charge on any atom is -0.301 e. The average molecular weight is 332 g/mol. The van der Waals surface area contributed by atoms with Gasteiger partial charge in [0.15, 0.2) is 0 Å². The SMILES string of the molecule is O=c1ccc(=O)on2oc(=O)ccc(=O)on(o1)c1ccc2cc1. The first-order chi connectivity index (χ1) is 11.5. The van der Waals surface area contributed by atoms with E-state index in [2.05, 4.69) is 0 Å². The molecule has 4 heterocycles. The van der Waals surface area contributed by atoms with Gasteiger partial charge in [-0.05, 0) is 33.8 Å². The molecule has 10 heteroatoms. The summed E-state index contributed by atoms with van der Waals surface area (Å²) in [6.45, 7) is 0. The highest BCUT2D eigenvalue weighted by Crippen LogP contribution is 2.03. The molecular weight excluding hydrogens is 324 g/mol. The van der Waals surface area contributed by atoms with Gasteiger partial charge in [0.25, 0.3) is 0 Å². The van der Waals surface area contributed by atoms with E-state index in [1.165, 1.54) is 24.3 Å². The first kappa shape index (κ1) is 15.1. The fourth-order valence-electron chi connectivity index (χ4n) is 1.66. The Labute approximate surface area is 129 Å². The molecular formula is C14H8N2O8. The van der Waals surface area contributed by atoms with E-state index in [0.717, 1.165) is 24.3 Å². The number of nitrogens with zero attached hydrogens (tertiary/aromatic N) is 2. The second kappa shape index (κ2) is 6.12. The van der Waals surface area contributed by atoms with E-state index in [1.807, 2.05) is 0 Å². The maximum atomic E-state index is 11.7. The summed E-state index contributed by atoms with van der Waals surface area (Å²) in [6, 6.07) is 8.50. The quantitative estimate of drug-likeness (QED) is 0.573. The summed E-state index contributed by atoms with van der Waals surface area (Å²) in [7, 11) is 0. The van der Waals surface area contributed by atoms with Crippen LogP contribution in [0.3, 0.4) is 0 Å². The van der Waals surface area contributed by atoms with E-state index in [1.54, 1.807) is 0 Å². The van der Waals surface area contributed by atoms with Gasteiger partial charge in [-0.1, -0.05) is 0 Å². The zero-order valence-electron chi connectivity index (χ0n) is 11.8. The molecule has 24 heavy (non-hydrogen) atoms. The van der Waals surface area contributed by atoms with Crippen molar-refractivity contribution in [3.05, 3.63) is 90.2 Å². The van der Waals surface area contributed by atoms with Crippen molar-refractivity contribution in [3.8, 4) is 0 Å². The monoisotopic (exact) mass is 332 g/mol. The summed E-state index contributed by atoms with van der Waals surface area (Å²) in [5.41, 5.74) is -3.66. The molecule has 122 valence electrons. The molecule has 1 aromatic carbocycles. The van der Waals surface area contributed by atoms with Gasteiger partial charge in [-0.2, -0.15) is 0 Å². The highest BCUT2D eigenvalue weighted by atomic mass is 16.7. The normalized spacial score (nSPS) is 10.3. The Morgan fingerprint density at radius 1 is 0.458 bits per heavy atom. The Kier molecular flexibility index (Phi) is 3.85. The smallest absolute Gasteiger partial charge is 0.301 e. The number of aromatic nitrogens is 2. The molecule has 0 aliphatic rings. The maximum Gasteiger partial charge on any atom is 0.360 e. The zero-order valence-corrected chi connectivity index (χ0v) is 11.8. The molecule has 10 nitrogen and oxygen atoms in total. The molecule has 4 aromatic heterocycles. The van der Waals surface area contributed by atoms with E-state index in [-0.39, 0.29) is 11.0 Å². The number of fused-ring (bicyclic) bond motifs is 10. The highest BCUT2D eigenvalue weighted by Gasteiger charge is 1.96. The van der Waals surface area contributed by atoms with Crippen molar-refractivity contribution in [1.82, 2.24) is 9.49 Å². The van der Waals surface area contributed by atoms with Gasteiger partial charge < -0.3 is 18.1 Å². The van der Waals surface area contributed by atoms with Crippen LogP contribution in [0.1, 0.15) is 0 Å². The van der Waals surface area contributed by atoms with Gasteiger partial charge in [0, 0.05) is 24.3 Å². The van der Waals surface area contributed by atoms with Crippen molar-refractivity contribution in [3.63, 3.8) is 0 Å². The molecule has 0 saturated heterocycles. The zero-order chi connectivity index (χ0) is 17.1. The number of hydrogen-bond donors (Lipinski definition) is 0. The molecule has 0 aliphatic heterocycles. The molecule has 0 fully saturated rings. The van der Waals surface area contributed by atoms with Crippen molar-refractivity contribution >= 4 is 11.0 Å². The molecule has 5 rings (SSSR count). The molecule has 4 bridgehead atoms. The van der Waals surface area contributed by atoms with Crippen molar-refractivity contribution in [2.45, 2.75) is 0 Å². The second-order valence-corrected chi connectivity index (χ2v) is 4.34. The van der Waals surface area contributed by atoms with Gasteiger partial charge in [-0.25, -0.2) is 19.2 Å². The van der Waals surface area contributed by atoms with Gasteiger partial charge in [-0.15, -0.1) is 0 Å². The molecule has 5 aromatic rings. The summed E-state index contributed by atoms with van der Waals surface area (Å²) < 4.78 is 20.4. The van der Waals surface area contributed by atoms with Crippen LogP contribution in [0.25, 0.3) is 11.0 Å². The molecule has 0 atom stereocenters. The molecule has 0 saturated carbocycles. The third-order valence-corrected chi connectivity index (χ3v) is 2.67. The Morgan fingerprint density at radius 2 is 0.708 bits per heavy atom. The van der Waals surface area contributed by atoms with E-state index < -0.39 is 22.5 Å². The van der Waals surface area contributed by atoms with E-state index in [4.69, 9.17) is 18.1 Å². The molecule has 0 amide bonds. The first-order valence-corrected chi connectivity index (χ1v) is 6.45. The largest absolute Gasteiger partial charge is 0.360 e. The molecule has 0 unspecified atom stereocenters. The lowest BCUT2D eigenvalue weighted by Crippen LogP contribution is -2.07. The first-order valence-electron chi connectivity index (χ1n) is 6.45. The van der Waals surface area contributed by atoms with Crippen molar-refractivity contribution in [2.75, 3.05) is 0 Å². The van der Waals surface area contributed by atoms with Gasteiger partial charge >= 0.3 is 22.5 Å². The van der Waals surface area contributed by atoms with E-state index in [9.17, 15) is 19.2 Å². The summed E-state index contributed by atoms with van der Waals surface area (Å²) in [6.07, 6.45) is 0. The van der Waals surface area contributed by atoms with E-state index >= 15 is 0 Å². The summed E-state index contributed by atoms with van der Waals surface area (Å²) in [5, 5.41) is 0. The number of rotatable bonds is 0. The van der Waals surface area contributed by atoms with Crippen LogP contribution in [0, 0.1) is 0 Å². The second-order valence-electron chi connectivity index (χ2n) is 4.34. The topological polar surface area (TPSA) is 130 Å². The number of benzene rings is 1. The summed E-state index contributed by atoms with van der Waals surface area (Å²) >= 11 is 0. The average Bonchev–Trinajstić information content (AvgIpc) is 2.55. The van der Waals surface area contributed by atoms with Crippen molar-refractivity contribution < 1.29 is 18.1 Å². The van der Waals surface area contributed by atoms with Crippen molar-refractivity contribution in [2.24, 2.45) is 0 Å². The van der Waals surface area contributed by atoms with Crippen LogP contribution < -0.4 is 22.5 Å². The molecule has 0 radical (unpaired) electrons. The Balaban J connectivity index is 2.81. The maximum absolute atomic E-state index is 11.7. The Hall–Kier alpha value is -3.82. The lowest BCUT2D eigenvalue weighted by molar-refractivity contribution is 0.120. The van der Waals surface area contributed by atoms with E-state index in [0.29, 0.717) is 9.49 Å². The van der Waals surface area contributed by atoms with Crippen LogP contribution in [-0.4, -0.2) is 9.49 Å². The summed E-state index contributed by atoms with van der Waals surface area (Å²) in [4.78, 5) is 46.7. The predicted octanol–water partition coefficient (Wildman–Crippen LogP) is 0.254. The van der Waals surface area contributed by atoms with Gasteiger partial charge in [0.2, 0.25) is 0 Å². The van der Waals surface area contributed by atoms with Crippen LogP contribution in [-0.2, 0) is 0 Å². The van der Waals surface area contributed by atoms with Gasteiger partial charge in [0.05, 0.1) is 0 Å². The Morgan fingerprint density at radius 3 is 0.958 bits per heavy atom. The third-order valence-electron chi connectivity index (χ3n) is 2.67. The van der Waals surface area contributed by atoms with Crippen LogP contribution in [0.15, 0.2) is 85.8 Å². The fraction of sp³-hybridized carbons (Fsp3) is 0. The summed E-state index contributed by atoms with van der Waals surface area (Å²) in [5.74, 6) is 0. The van der Waals surface area contributed by atoms with Crippen LogP contribution in [0.5, 0.6) is 0 Å². The van der Waals surface area contributed by atoms with Crippen molar-refractivity contribution in [1.29, 1.82) is 0 Å². The Bertz CT molecular complexity index is 1060. The van der Waals surface area contributed by atoms with Gasteiger partial charge in [-0.3, -0.25) is 0 Å². The predicted molar refractivity (Wildman–Crippen MR) is 77.8 cm³/mol. The minimum absolute atomic E-state index is 0.181. The van der Waals surface area contributed by atoms with Crippen LogP contribution >= 0.6 is 0 Å². The standard InChI is InChI=1S/C14H8N2O8/c17-11-5-7-13(19)23-16-10-2-1-9(3-4-10)15(21-11)22-12(18)6-8-14(20)24-16/h1-8H. The highest BCUT2D eigenvalue weighted by molar-refractivity contribution is 5.54. The van der Waals surface area contributed by atoms with Gasteiger partial charge in [0.1, 0.15) is 11.0 Å². The molecule has 0 aliphatic carbocycles.